The normalized spacial score (nSPS) is 12.8. The van der Waals surface area contributed by atoms with E-state index in [1.54, 1.807) is 6.20 Å². The standard InChI is InChI=1S/C25H27F2N3O2/c26-20-12-19(13-21(27)15-20)14-23(24(31)17-28-16-22-8-4-5-11-29-22)30-25(32)10-9-18-6-2-1-3-7-18/h1-8,11-13,15,23-24,28,31H,9-10,14,16-17H2,(H,30,32). The van der Waals surface area contributed by atoms with Crippen molar-refractivity contribution in [3.05, 3.63) is 101 Å². The SMILES string of the molecule is O=C(CCc1ccccc1)NC(Cc1cc(F)cc(F)c1)C(O)CNCc1ccccn1. The van der Waals surface area contributed by atoms with Crippen molar-refractivity contribution in [1.29, 1.82) is 0 Å². The zero-order chi connectivity index (χ0) is 22.8. The van der Waals surface area contributed by atoms with Crippen LogP contribution in [0.1, 0.15) is 23.2 Å². The lowest BCUT2D eigenvalue weighted by atomic mass is 10.00. The van der Waals surface area contributed by atoms with E-state index in [4.69, 9.17) is 0 Å². The van der Waals surface area contributed by atoms with E-state index < -0.39 is 23.8 Å². The Morgan fingerprint density at radius 2 is 1.69 bits per heavy atom. The molecule has 7 heteroatoms. The van der Waals surface area contributed by atoms with Gasteiger partial charge in [0.05, 0.1) is 17.8 Å². The first-order valence-corrected chi connectivity index (χ1v) is 10.6. The van der Waals surface area contributed by atoms with Crippen LogP contribution < -0.4 is 10.6 Å². The van der Waals surface area contributed by atoms with Crippen LogP contribution in [-0.4, -0.2) is 34.7 Å². The maximum atomic E-state index is 13.6. The largest absolute Gasteiger partial charge is 0.390 e. The number of carbonyl (C=O) groups is 1. The number of aryl methyl sites for hydroxylation is 1. The van der Waals surface area contributed by atoms with Crippen LogP contribution in [0.4, 0.5) is 8.78 Å². The number of halogens is 2. The molecule has 3 rings (SSSR count). The molecule has 0 aliphatic rings. The van der Waals surface area contributed by atoms with Crippen molar-refractivity contribution in [3.63, 3.8) is 0 Å². The predicted octanol–water partition coefficient (Wildman–Crippen LogP) is 3.17. The monoisotopic (exact) mass is 439 g/mol. The molecule has 2 atom stereocenters. The average Bonchev–Trinajstić information content (AvgIpc) is 2.78. The van der Waals surface area contributed by atoms with Crippen molar-refractivity contribution in [3.8, 4) is 0 Å². The van der Waals surface area contributed by atoms with Gasteiger partial charge in [-0.15, -0.1) is 0 Å². The van der Waals surface area contributed by atoms with Crippen molar-refractivity contribution >= 4 is 5.91 Å². The van der Waals surface area contributed by atoms with Gasteiger partial charge in [-0.3, -0.25) is 9.78 Å². The van der Waals surface area contributed by atoms with Crippen LogP contribution in [0.25, 0.3) is 0 Å². The lowest BCUT2D eigenvalue weighted by Gasteiger charge is -2.25. The first-order chi connectivity index (χ1) is 15.5. The number of hydrogen-bond donors (Lipinski definition) is 3. The van der Waals surface area contributed by atoms with Crippen molar-refractivity contribution in [2.75, 3.05) is 6.54 Å². The van der Waals surface area contributed by atoms with E-state index in [0.29, 0.717) is 18.5 Å². The molecule has 0 aliphatic heterocycles. The maximum Gasteiger partial charge on any atom is 0.220 e. The second-order valence-corrected chi connectivity index (χ2v) is 7.66. The lowest BCUT2D eigenvalue weighted by Crippen LogP contribution is -2.48. The summed E-state index contributed by atoms with van der Waals surface area (Å²) in [5.41, 5.74) is 2.21. The average molecular weight is 440 g/mol. The van der Waals surface area contributed by atoms with E-state index in [1.807, 2.05) is 48.5 Å². The minimum atomic E-state index is -0.967. The summed E-state index contributed by atoms with van der Waals surface area (Å²) in [4.78, 5) is 16.8. The zero-order valence-corrected chi connectivity index (χ0v) is 17.7. The van der Waals surface area contributed by atoms with Gasteiger partial charge in [0.15, 0.2) is 0 Å². The molecule has 1 amide bonds. The summed E-state index contributed by atoms with van der Waals surface area (Å²) in [6, 6.07) is 17.7. The number of nitrogens with one attached hydrogen (secondary N) is 2. The van der Waals surface area contributed by atoms with Crippen LogP contribution >= 0.6 is 0 Å². The molecule has 0 saturated carbocycles. The summed E-state index contributed by atoms with van der Waals surface area (Å²) in [6.07, 6.45) is 1.61. The third-order valence-corrected chi connectivity index (χ3v) is 5.06. The Hall–Kier alpha value is -3.16. The molecule has 0 fully saturated rings. The highest BCUT2D eigenvalue weighted by atomic mass is 19.1. The van der Waals surface area contributed by atoms with Gasteiger partial charge in [0.2, 0.25) is 5.91 Å². The molecule has 0 spiro atoms. The number of benzene rings is 2. The zero-order valence-electron chi connectivity index (χ0n) is 17.7. The number of nitrogens with zero attached hydrogens (tertiary/aromatic N) is 1. The highest BCUT2D eigenvalue weighted by Gasteiger charge is 2.22. The third-order valence-electron chi connectivity index (χ3n) is 5.06. The van der Waals surface area contributed by atoms with Gasteiger partial charge in [0, 0.05) is 31.8 Å². The van der Waals surface area contributed by atoms with Gasteiger partial charge in [0.25, 0.3) is 0 Å². The van der Waals surface area contributed by atoms with Crippen LogP contribution in [0.3, 0.4) is 0 Å². The number of carbonyl (C=O) groups excluding carboxylic acids is 1. The third kappa shape index (κ3) is 7.83. The Kier molecular flexibility index (Phi) is 8.83. The molecule has 1 aromatic heterocycles. The van der Waals surface area contributed by atoms with Crippen LogP contribution in [-0.2, 0) is 24.2 Å². The topological polar surface area (TPSA) is 74.2 Å². The molecule has 5 nitrogen and oxygen atoms in total. The van der Waals surface area contributed by atoms with Crippen molar-refractivity contribution in [2.45, 2.75) is 38.0 Å². The summed E-state index contributed by atoms with van der Waals surface area (Å²) < 4.78 is 27.3. The van der Waals surface area contributed by atoms with E-state index in [-0.39, 0.29) is 25.3 Å². The molecular formula is C25H27F2N3O2. The summed E-state index contributed by atoms with van der Waals surface area (Å²) in [6.45, 7) is 0.624. The van der Waals surface area contributed by atoms with E-state index >= 15 is 0 Å². The molecule has 0 bridgehead atoms. The maximum absolute atomic E-state index is 13.6. The van der Waals surface area contributed by atoms with Crippen molar-refractivity contribution < 1.29 is 18.7 Å². The number of aliphatic hydroxyl groups is 1. The quantitative estimate of drug-likeness (QED) is 0.429. The molecule has 0 aliphatic carbocycles. The first-order valence-electron chi connectivity index (χ1n) is 10.6. The summed E-state index contributed by atoms with van der Waals surface area (Å²) in [5.74, 6) is -1.63. The minimum absolute atomic E-state index is 0.0954. The summed E-state index contributed by atoms with van der Waals surface area (Å²) in [7, 11) is 0. The number of aromatic nitrogens is 1. The molecule has 2 unspecified atom stereocenters. The van der Waals surface area contributed by atoms with Crippen LogP contribution in [0.2, 0.25) is 0 Å². The van der Waals surface area contributed by atoms with Crippen LogP contribution in [0.5, 0.6) is 0 Å². The highest BCUT2D eigenvalue weighted by molar-refractivity contribution is 5.76. The Morgan fingerprint density at radius 1 is 0.969 bits per heavy atom. The summed E-state index contributed by atoms with van der Waals surface area (Å²) in [5, 5.41) is 16.7. The fourth-order valence-corrected chi connectivity index (χ4v) is 3.44. The molecule has 1 heterocycles. The van der Waals surface area contributed by atoms with Crippen molar-refractivity contribution in [1.82, 2.24) is 15.6 Å². The molecular weight excluding hydrogens is 412 g/mol. The van der Waals surface area contributed by atoms with E-state index in [2.05, 4.69) is 15.6 Å². The van der Waals surface area contributed by atoms with Gasteiger partial charge in [-0.05, 0) is 48.2 Å². The second kappa shape index (κ2) is 12.0. The number of aliphatic hydroxyl groups excluding tert-OH is 1. The van der Waals surface area contributed by atoms with Gasteiger partial charge < -0.3 is 15.7 Å². The van der Waals surface area contributed by atoms with Gasteiger partial charge in [-0.1, -0.05) is 36.4 Å². The molecule has 2 aromatic carbocycles. The Bertz CT molecular complexity index is 967. The minimum Gasteiger partial charge on any atom is -0.390 e. The summed E-state index contributed by atoms with van der Waals surface area (Å²) >= 11 is 0. The fraction of sp³-hybridized carbons (Fsp3) is 0.280. The highest BCUT2D eigenvalue weighted by Crippen LogP contribution is 2.12. The molecule has 168 valence electrons. The number of amides is 1. The molecule has 3 N–H and O–H groups in total. The number of pyridine rings is 1. The van der Waals surface area contributed by atoms with Crippen LogP contribution in [0, 0.1) is 11.6 Å². The number of rotatable bonds is 11. The second-order valence-electron chi connectivity index (χ2n) is 7.66. The van der Waals surface area contributed by atoms with Gasteiger partial charge in [-0.25, -0.2) is 8.78 Å². The smallest absolute Gasteiger partial charge is 0.220 e. The molecule has 0 radical (unpaired) electrons. The van der Waals surface area contributed by atoms with E-state index in [1.165, 1.54) is 12.1 Å². The predicted molar refractivity (Wildman–Crippen MR) is 119 cm³/mol. The lowest BCUT2D eigenvalue weighted by molar-refractivity contribution is -0.122. The van der Waals surface area contributed by atoms with Gasteiger partial charge in [-0.2, -0.15) is 0 Å². The van der Waals surface area contributed by atoms with E-state index in [0.717, 1.165) is 17.3 Å². The molecule has 0 saturated heterocycles. The number of hydrogen-bond acceptors (Lipinski definition) is 4. The molecule has 32 heavy (non-hydrogen) atoms. The Labute approximate surface area is 186 Å². The first kappa shape index (κ1) is 23.5. The van der Waals surface area contributed by atoms with Crippen LogP contribution in [0.15, 0.2) is 72.9 Å². The Balaban J connectivity index is 1.61. The van der Waals surface area contributed by atoms with Gasteiger partial charge in [0.1, 0.15) is 11.6 Å². The molecule has 3 aromatic rings. The Morgan fingerprint density at radius 3 is 2.38 bits per heavy atom. The van der Waals surface area contributed by atoms with E-state index in [9.17, 15) is 18.7 Å². The fourth-order valence-electron chi connectivity index (χ4n) is 3.44. The van der Waals surface area contributed by atoms with Crippen molar-refractivity contribution in [2.24, 2.45) is 0 Å². The van der Waals surface area contributed by atoms with Gasteiger partial charge >= 0.3 is 0 Å².